The smallest absolute Gasteiger partial charge is 0.251 e. The summed E-state index contributed by atoms with van der Waals surface area (Å²) in [5.74, 6) is 0.575. The highest BCUT2D eigenvalue weighted by Crippen LogP contribution is 2.28. The van der Waals surface area contributed by atoms with Gasteiger partial charge >= 0.3 is 0 Å². The summed E-state index contributed by atoms with van der Waals surface area (Å²) < 4.78 is 5.50. The SMILES string of the molecule is CCOc1cc(C(=O)NCC2(O)CCCC2)ccc1C. The minimum atomic E-state index is -0.719. The maximum Gasteiger partial charge on any atom is 0.251 e. The third-order valence-corrected chi connectivity index (χ3v) is 3.86. The normalized spacial score (nSPS) is 16.9. The summed E-state index contributed by atoms with van der Waals surface area (Å²) >= 11 is 0. The molecule has 2 N–H and O–H groups in total. The lowest BCUT2D eigenvalue weighted by molar-refractivity contribution is 0.0449. The van der Waals surface area contributed by atoms with Gasteiger partial charge in [0.1, 0.15) is 5.75 Å². The van der Waals surface area contributed by atoms with Crippen molar-refractivity contribution in [2.75, 3.05) is 13.2 Å². The summed E-state index contributed by atoms with van der Waals surface area (Å²) in [7, 11) is 0. The van der Waals surface area contributed by atoms with E-state index in [0.717, 1.165) is 37.0 Å². The number of aliphatic hydroxyl groups is 1. The van der Waals surface area contributed by atoms with E-state index >= 15 is 0 Å². The molecule has 4 heteroatoms. The van der Waals surface area contributed by atoms with Gasteiger partial charge < -0.3 is 15.2 Å². The van der Waals surface area contributed by atoms with Gasteiger partial charge in [0.15, 0.2) is 0 Å². The second kappa shape index (κ2) is 6.27. The first kappa shape index (κ1) is 14.9. The van der Waals surface area contributed by atoms with Gasteiger partial charge in [0.2, 0.25) is 0 Å². The van der Waals surface area contributed by atoms with Gasteiger partial charge in [-0.05, 0) is 44.4 Å². The Morgan fingerprint density at radius 2 is 2.10 bits per heavy atom. The van der Waals surface area contributed by atoms with Crippen molar-refractivity contribution in [3.05, 3.63) is 29.3 Å². The number of amides is 1. The molecule has 1 aliphatic rings. The number of ether oxygens (including phenoxy) is 1. The molecule has 0 aliphatic heterocycles. The molecule has 1 amide bonds. The van der Waals surface area contributed by atoms with E-state index in [1.165, 1.54) is 0 Å². The standard InChI is InChI=1S/C16H23NO3/c1-3-20-14-10-13(7-6-12(14)2)15(18)17-11-16(19)8-4-5-9-16/h6-7,10,19H,3-5,8-9,11H2,1-2H3,(H,17,18). The Bertz CT molecular complexity index is 479. The molecule has 0 saturated heterocycles. The molecule has 1 aromatic carbocycles. The highest BCUT2D eigenvalue weighted by molar-refractivity contribution is 5.94. The predicted molar refractivity (Wildman–Crippen MR) is 78.1 cm³/mol. The Hall–Kier alpha value is -1.55. The molecule has 1 saturated carbocycles. The minimum Gasteiger partial charge on any atom is -0.494 e. The van der Waals surface area contributed by atoms with Crippen LogP contribution in [0.25, 0.3) is 0 Å². The van der Waals surface area contributed by atoms with Gasteiger partial charge in [-0.25, -0.2) is 0 Å². The number of benzene rings is 1. The molecule has 1 fully saturated rings. The summed E-state index contributed by atoms with van der Waals surface area (Å²) in [6, 6.07) is 5.42. The van der Waals surface area contributed by atoms with Crippen LogP contribution in [0.3, 0.4) is 0 Å². The highest BCUT2D eigenvalue weighted by Gasteiger charge is 2.31. The quantitative estimate of drug-likeness (QED) is 0.869. The van der Waals surface area contributed by atoms with Gasteiger partial charge in [-0.2, -0.15) is 0 Å². The Kier molecular flexibility index (Phi) is 4.65. The zero-order chi connectivity index (χ0) is 14.6. The van der Waals surface area contributed by atoms with Crippen LogP contribution in [0.15, 0.2) is 18.2 Å². The minimum absolute atomic E-state index is 0.161. The number of nitrogens with one attached hydrogen (secondary N) is 1. The lowest BCUT2D eigenvalue weighted by Gasteiger charge is -2.22. The molecular formula is C16H23NO3. The van der Waals surface area contributed by atoms with Crippen molar-refractivity contribution in [2.45, 2.75) is 45.1 Å². The van der Waals surface area contributed by atoms with E-state index in [1.54, 1.807) is 12.1 Å². The molecular weight excluding hydrogens is 254 g/mol. The number of hydrogen-bond donors (Lipinski definition) is 2. The number of rotatable bonds is 5. The van der Waals surface area contributed by atoms with Crippen LogP contribution < -0.4 is 10.1 Å². The second-order valence-corrected chi connectivity index (χ2v) is 5.53. The van der Waals surface area contributed by atoms with Crippen LogP contribution in [0.1, 0.15) is 48.5 Å². The van der Waals surface area contributed by atoms with Crippen LogP contribution in [0.2, 0.25) is 0 Å². The Morgan fingerprint density at radius 1 is 1.40 bits per heavy atom. The summed E-state index contributed by atoms with van der Waals surface area (Å²) in [5, 5.41) is 13.1. The van der Waals surface area contributed by atoms with E-state index in [0.29, 0.717) is 18.7 Å². The van der Waals surface area contributed by atoms with E-state index in [2.05, 4.69) is 5.32 Å². The Balaban J connectivity index is 2.00. The van der Waals surface area contributed by atoms with Crippen molar-refractivity contribution >= 4 is 5.91 Å². The van der Waals surface area contributed by atoms with Gasteiger partial charge in [-0.3, -0.25) is 4.79 Å². The van der Waals surface area contributed by atoms with Gasteiger partial charge in [-0.15, -0.1) is 0 Å². The molecule has 1 aromatic rings. The Morgan fingerprint density at radius 3 is 2.75 bits per heavy atom. The summed E-state index contributed by atoms with van der Waals surface area (Å²) in [6.45, 7) is 4.77. The van der Waals surface area contributed by atoms with E-state index in [4.69, 9.17) is 4.74 Å². The molecule has 20 heavy (non-hydrogen) atoms. The van der Waals surface area contributed by atoms with Crippen LogP contribution in [0.5, 0.6) is 5.75 Å². The molecule has 0 heterocycles. The Labute approximate surface area is 120 Å². The maximum absolute atomic E-state index is 12.1. The molecule has 0 spiro atoms. The average molecular weight is 277 g/mol. The van der Waals surface area contributed by atoms with Crippen molar-refractivity contribution < 1.29 is 14.6 Å². The zero-order valence-electron chi connectivity index (χ0n) is 12.2. The van der Waals surface area contributed by atoms with Crippen molar-refractivity contribution in [1.29, 1.82) is 0 Å². The molecule has 4 nitrogen and oxygen atoms in total. The lowest BCUT2D eigenvalue weighted by Crippen LogP contribution is -2.40. The second-order valence-electron chi connectivity index (χ2n) is 5.53. The van der Waals surface area contributed by atoms with Crippen molar-refractivity contribution in [1.82, 2.24) is 5.32 Å². The van der Waals surface area contributed by atoms with E-state index < -0.39 is 5.60 Å². The number of aryl methyl sites for hydroxylation is 1. The molecule has 0 atom stereocenters. The fraction of sp³-hybridized carbons (Fsp3) is 0.562. The summed E-state index contributed by atoms with van der Waals surface area (Å²) in [5.41, 5.74) is 0.863. The first-order valence-corrected chi connectivity index (χ1v) is 7.28. The fourth-order valence-corrected chi connectivity index (χ4v) is 2.61. The van der Waals surface area contributed by atoms with Crippen LogP contribution in [-0.2, 0) is 0 Å². The third kappa shape index (κ3) is 3.51. The lowest BCUT2D eigenvalue weighted by atomic mass is 10.0. The van der Waals surface area contributed by atoms with Crippen molar-refractivity contribution in [3.8, 4) is 5.75 Å². The first-order valence-electron chi connectivity index (χ1n) is 7.28. The molecule has 2 rings (SSSR count). The van der Waals surface area contributed by atoms with Crippen LogP contribution in [0.4, 0.5) is 0 Å². The van der Waals surface area contributed by atoms with Gasteiger partial charge in [0.05, 0.1) is 12.2 Å². The van der Waals surface area contributed by atoms with Crippen molar-refractivity contribution in [3.63, 3.8) is 0 Å². The molecule has 110 valence electrons. The molecule has 0 radical (unpaired) electrons. The van der Waals surface area contributed by atoms with E-state index in [1.807, 2.05) is 19.9 Å². The molecule has 0 bridgehead atoms. The topological polar surface area (TPSA) is 58.6 Å². The highest BCUT2D eigenvalue weighted by atomic mass is 16.5. The van der Waals surface area contributed by atoms with E-state index in [-0.39, 0.29) is 5.91 Å². The fourth-order valence-electron chi connectivity index (χ4n) is 2.61. The zero-order valence-corrected chi connectivity index (χ0v) is 12.2. The number of carbonyl (C=O) groups is 1. The largest absolute Gasteiger partial charge is 0.494 e. The number of carbonyl (C=O) groups excluding carboxylic acids is 1. The molecule has 1 aliphatic carbocycles. The van der Waals surface area contributed by atoms with Gasteiger partial charge in [0, 0.05) is 12.1 Å². The van der Waals surface area contributed by atoms with Gasteiger partial charge in [0.25, 0.3) is 5.91 Å². The molecule has 0 aromatic heterocycles. The predicted octanol–water partition coefficient (Wildman–Crippen LogP) is 2.43. The summed E-state index contributed by atoms with van der Waals surface area (Å²) in [4.78, 5) is 12.1. The van der Waals surface area contributed by atoms with E-state index in [9.17, 15) is 9.90 Å². The average Bonchev–Trinajstić information content (AvgIpc) is 2.86. The maximum atomic E-state index is 12.1. The third-order valence-electron chi connectivity index (χ3n) is 3.86. The van der Waals surface area contributed by atoms with Crippen molar-refractivity contribution in [2.24, 2.45) is 0 Å². The van der Waals surface area contributed by atoms with Gasteiger partial charge in [-0.1, -0.05) is 18.9 Å². The monoisotopic (exact) mass is 277 g/mol. The van der Waals surface area contributed by atoms with Crippen LogP contribution >= 0.6 is 0 Å². The molecule has 0 unspecified atom stereocenters. The number of hydrogen-bond acceptors (Lipinski definition) is 3. The summed E-state index contributed by atoms with van der Waals surface area (Å²) in [6.07, 6.45) is 3.60. The van der Waals surface area contributed by atoms with Crippen LogP contribution in [0, 0.1) is 6.92 Å². The van der Waals surface area contributed by atoms with Crippen LogP contribution in [-0.4, -0.2) is 29.8 Å². The first-order chi connectivity index (χ1) is 9.54.